The van der Waals surface area contributed by atoms with Crippen LogP contribution in [0.5, 0.6) is 0 Å². The second-order valence-electron chi connectivity index (χ2n) is 14.1. The summed E-state index contributed by atoms with van der Waals surface area (Å²) in [4.78, 5) is 94.8. The number of nitrogens with one attached hydrogen (secondary N) is 6. The van der Waals surface area contributed by atoms with Crippen LogP contribution in [0.15, 0.2) is 34.3 Å². The third kappa shape index (κ3) is 25.2. The molecule has 20 N–H and O–H groups in total. The predicted octanol–water partition coefficient (Wildman–Crippen LogP) is -1.68. The van der Waals surface area contributed by atoms with Crippen LogP contribution in [-0.4, -0.2) is 104 Å². The summed E-state index contributed by atoms with van der Waals surface area (Å²) in [5.41, 5.74) is 38.6. The van der Waals surface area contributed by atoms with Crippen LogP contribution in [0.2, 0.25) is 0 Å². The Morgan fingerprint density at radius 3 is 1.53 bits per heavy atom. The molecule has 22 nitrogen and oxygen atoms in total. The third-order valence-corrected chi connectivity index (χ3v) is 8.97. The highest BCUT2D eigenvalue weighted by atomic mass is 16.2. The number of nitrogens with two attached hydrogens (primary N) is 7. The highest BCUT2D eigenvalue weighted by Crippen LogP contribution is 2.10. The Hall–Kier alpha value is -6.19. The minimum absolute atomic E-state index is 0.0995. The molecular formula is C38H67N15O7. The molecule has 0 heterocycles. The maximum Gasteiger partial charge on any atom is 0.319 e. The van der Waals surface area contributed by atoms with Gasteiger partial charge in [0.1, 0.15) is 18.1 Å². The van der Waals surface area contributed by atoms with Crippen molar-refractivity contribution < 1.29 is 33.6 Å². The lowest BCUT2D eigenvalue weighted by atomic mass is 10.1. The van der Waals surface area contributed by atoms with E-state index in [2.05, 4.69) is 41.9 Å². The molecule has 22 heteroatoms. The average Bonchev–Trinajstić information content (AvgIpc) is 3.19. The summed E-state index contributed by atoms with van der Waals surface area (Å²) in [6, 6.07) is 3.08. The number of nitrogens with zero attached hydrogens (tertiary/aromatic N) is 2. The van der Waals surface area contributed by atoms with Crippen molar-refractivity contribution in [2.45, 2.75) is 114 Å². The van der Waals surface area contributed by atoms with Gasteiger partial charge in [0.25, 0.3) is 0 Å². The lowest BCUT2D eigenvalue weighted by Gasteiger charge is -2.22. The quantitative estimate of drug-likeness (QED) is 0.0220. The van der Waals surface area contributed by atoms with E-state index in [1.165, 1.54) is 12.1 Å². The van der Waals surface area contributed by atoms with Gasteiger partial charge in [-0.3, -0.25) is 38.8 Å². The molecule has 0 aliphatic heterocycles. The van der Waals surface area contributed by atoms with Crippen LogP contribution in [0.25, 0.3) is 0 Å². The van der Waals surface area contributed by atoms with Gasteiger partial charge in [-0.15, -0.1) is 0 Å². The van der Waals surface area contributed by atoms with Crippen LogP contribution in [-0.2, 0) is 24.0 Å². The van der Waals surface area contributed by atoms with Gasteiger partial charge in [0.2, 0.25) is 35.4 Å². The van der Waals surface area contributed by atoms with Crippen molar-refractivity contribution in [1.82, 2.24) is 26.6 Å². The van der Waals surface area contributed by atoms with E-state index in [1.807, 2.05) is 0 Å². The first-order valence-corrected chi connectivity index (χ1v) is 20.3. The number of amides is 8. The molecule has 0 aliphatic rings. The molecule has 8 amide bonds. The van der Waals surface area contributed by atoms with Gasteiger partial charge >= 0.3 is 6.03 Å². The Bertz CT molecular complexity index is 1570. The van der Waals surface area contributed by atoms with Crippen LogP contribution < -0.4 is 72.0 Å². The van der Waals surface area contributed by atoms with Gasteiger partial charge in [0.05, 0.1) is 0 Å². The van der Waals surface area contributed by atoms with Crippen molar-refractivity contribution >= 4 is 59.1 Å². The first-order chi connectivity index (χ1) is 28.6. The summed E-state index contributed by atoms with van der Waals surface area (Å²) < 4.78 is 0. The normalized spacial score (nSPS) is 12.1. The topological polar surface area (TPSA) is 399 Å². The van der Waals surface area contributed by atoms with Crippen molar-refractivity contribution in [3.8, 4) is 0 Å². The van der Waals surface area contributed by atoms with Crippen LogP contribution in [0, 0.1) is 0 Å². The smallest absolute Gasteiger partial charge is 0.319 e. The molecule has 0 saturated carbocycles. The number of carbonyl (C=O) groups is 7. The van der Waals surface area contributed by atoms with Crippen molar-refractivity contribution in [3.63, 3.8) is 0 Å². The zero-order valence-corrected chi connectivity index (χ0v) is 34.5. The van der Waals surface area contributed by atoms with Gasteiger partial charge in [0, 0.05) is 50.3 Å². The fourth-order valence-electron chi connectivity index (χ4n) is 5.73. The summed E-state index contributed by atoms with van der Waals surface area (Å²) >= 11 is 0. The molecule has 1 rings (SSSR count). The summed E-state index contributed by atoms with van der Waals surface area (Å²) in [6.07, 6.45) is 6.76. The summed E-state index contributed by atoms with van der Waals surface area (Å²) in [5.74, 6) is -3.03. The summed E-state index contributed by atoms with van der Waals surface area (Å²) in [6.45, 7) is 1.65. The third-order valence-electron chi connectivity index (χ3n) is 8.97. The van der Waals surface area contributed by atoms with E-state index >= 15 is 0 Å². The van der Waals surface area contributed by atoms with E-state index in [-0.39, 0.29) is 68.4 Å². The second-order valence-corrected chi connectivity index (χ2v) is 14.1. The molecule has 336 valence electrons. The Morgan fingerprint density at radius 2 is 1.03 bits per heavy atom. The van der Waals surface area contributed by atoms with Crippen LogP contribution >= 0.6 is 0 Å². The van der Waals surface area contributed by atoms with Gasteiger partial charge in [-0.1, -0.05) is 12.8 Å². The first kappa shape index (κ1) is 51.8. The molecule has 0 radical (unpaired) electrons. The van der Waals surface area contributed by atoms with Crippen molar-refractivity contribution in [3.05, 3.63) is 29.8 Å². The van der Waals surface area contributed by atoms with Crippen molar-refractivity contribution in [1.29, 1.82) is 0 Å². The van der Waals surface area contributed by atoms with Gasteiger partial charge in [0.15, 0.2) is 11.9 Å². The van der Waals surface area contributed by atoms with Crippen molar-refractivity contribution in [2.24, 2.45) is 50.1 Å². The van der Waals surface area contributed by atoms with Crippen LogP contribution in [0.4, 0.5) is 10.5 Å². The lowest BCUT2D eigenvalue weighted by Crippen LogP contribution is -2.53. The Kier molecular flexibility index (Phi) is 26.6. The van der Waals surface area contributed by atoms with Gasteiger partial charge in [-0.2, -0.15) is 0 Å². The molecule has 0 bridgehead atoms. The number of benzene rings is 1. The van der Waals surface area contributed by atoms with Gasteiger partial charge < -0.3 is 72.0 Å². The fourth-order valence-corrected chi connectivity index (χ4v) is 5.73. The van der Waals surface area contributed by atoms with E-state index in [0.717, 1.165) is 0 Å². The Labute approximate surface area is 351 Å². The number of guanidine groups is 2. The molecule has 0 fully saturated rings. The standard InChI is InChI=1S/C38H67N15O7/c39-20-6-5-11-28(51-30(54)14-4-2-8-22-49-38(60)50-26-18-16-25(17-19-26)32(40)56)34(58)46-21-7-1-3-15-31(55)52-29(13-10-24-48-37(44)45)35(59)53-27(33(41)57)12-9-23-47-36(42)43/h16-19,27-29H,1-15,20-24,39H2,(H2,40,56)(H2,41,57)(H,46,58)(H,51,54)(H,52,55)(H,53,59)(H4,42,43,47)(H4,44,45,48)(H2,49,50,60)/t27-,28-,29-/m1/s1. The molecule has 0 aliphatic carbocycles. The Balaban J connectivity index is 2.49. The maximum atomic E-state index is 13.1. The summed E-state index contributed by atoms with van der Waals surface area (Å²) in [7, 11) is 0. The van der Waals surface area contributed by atoms with E-state index in [1.54, 1.807) is 12.1 Å². The largest absolute Gasteiger partial charge is 0.370 e. The highest BCUT2D eigenvalue weighted by molar-refractivity contribution is 5.94. The highest BCUT2D eigenvalue weighted by Gasteiger charge is 2.25. The molecule has 0 spiro atoms. The lowest BCUT2D eigenvalue weighted by molar-refractivity contribution is -0.131. The molecule has 1 aromatic rings. The Morgan fingerprint density at radius 1 is 0.533 bits per heavy atom. The molecule has 3 atom stereocenters. The SMILES string of the molecule is NCCCC[C@@H](NC(=O)CCCCCNC(=O)Nc1ccc(C(N)=O)cc1)C(=O)NCCCCCC(=O)N[C@H](CCCN=C(N)N)C(=O)N[C@H](CCCN=C(N)N)C(N)=O. The summed E-state index contributed by atoms with van der Waals surface area (Å²) in [5, 5.41) is 16.4. The van der Waals surface area contributed by atoms with Gasteiger partial charge in [-0.05, 0) is 101 Å². The van der Waals surface area contributed by atoms with Gasteiger partial charge in [-0.25, -0.2) is 4.79 Å². The van der Waals surface area contributed by atoms with Crippen LogP contribution in [0.1, 0.15) is 107 Å². The maximum absolute atomic E-state index is 13.1. The zero-order chi connectivity index (χ0) is 44.7. The zero-order valence-electron chi connectivity index (χ0n) is 34.5. The number of anilines is 1. The number of hydrogen-bond acceptors (Lipinski definition) is 10. The first-order valence-electron chi connectivity index (χ1n) is 20.3. The van der Waals surface area contributed by atoms with Crippen LogP contribution in [0.3, 0.4) is 0 Å². The number of hydrogen-bond donors (Lipinski definition) is 13. The second kappa shape index (κ2) is 30.8. The van der Waals surface area contributed by atoms with E-state index in [4.69, 9.17) is 40.1 Å². The van der Waals surface area contributed by atoms with E-state index in [0.29, 0.717) is 102 Å². The minimum atomic E-state index is -1.00. The molecule has 0 aromatic heterocycles. The van der Waals surface area contributed by atoms with Crippen molar-refractivity contribution in [2.75, 3.05) is 38.0 Å². The molecule has 0 saturated heterocycles. The average molecular weight is 846 g/mol. The number of urea groups is 1. The number of aliphatic imine (C=N–C) groups is 2. The molecule has 0 unspecified atom stereocenters. The molecule has 1 aromatic carbocycles. The monoisotopic (exact) mass is 846 g/mol. The minimum Gasteiger partial charge on any atom is -0.370 e. The number of primary amides is 2. The predicted molar refractivity (Wildman–Crippen MR) is 230 cm³/mol. The number of carbonyl (C=O) groups excluding carboxylic acids is 7. The number of rotatable bonds is 32. The molecular weight excluding hydrogens is 779 g/mol. The molecule has 60 heavy (non-hydrogen) atoms. The number of unbranched alkanes of at least 4 members (excludes halogenated alkanes) is 5. The fraction of sp³-hybridized carbons (Fsp3) is 0.605. The van der Waals surface area contributed by atoms with E-state index in [9.17, 15) is 33.6 Å². The van der Waals surface area contributed by atoms with E-state index < -0.39 is 41.9 Å².